The molecule has 2 aliphatic heterocycles. The number of hydrogen-bond acceptors (Lipinski definition) is 4. The van der Waals surface area contributed by atoms with E-state index in [2.05, 4.69) is 35.8 Å². The van der Waals surface area contributed by atoms with Gasteiger partial charge < -0.3 is 14.6 Å². The third kappa shape index (κ3) is 3.56. The van der Waals surface area contributed by atoms with Crippen molar-refractivity contribution in [2.45, 2.75) is 45.1 Å². The van der Waals surface area contributed by atoms with Gasteiger partial charge in [0.05, 0.1) is 6.26 Å². The Labute approximate surface area is 198 Å². The summed E-state index contributed by atoms with van der Waals surface area (Å²) < 4.78 is 5.78. The molecular weight excluding hydrogens is 430 g/mol. The van der Waals surface area contributed by atoms with Crippen LogP contribution >= 0.6 is 0 Å². The van der Waals surface area contributed by atoms with Gasteiger partial charge in [0.15, 0.2) is 0 Å². The molecule has 2 N–H and O–H groups in total. The van der Waals surface area contributed by atoms with Crippen molar-refractivity contribution < 1.29 is 18.8 Å². The Bertz CT molecular complexity index is 1270. The molecule has 176 valence electrons. The lowest BCUT2D eigenvalue weighted by molar-refractivity contribution is -0.125. The van der Waals surface area contributed by atoms with Crippen LogP contribution in [0.5, 0.6) is 0 Å². The predicted octanol–water partition coefficient (Wildman–Crippen LogP) is 4.45. The summed E-state index contributed by atoms with van der Waals surface area (Å²) in [6.07, 6.45) is 3.64. The molecule has 0 radical (unpaired) electrons. The van der Waals surface area contributed by atoms with Gasteiger partial charge in [-0.2, -0.15) is 0 Å². The summed E-state index contributed by atoms with van der Waals surface area (Å²) in [5, 5.41) is 6.27. The molecule has 1 aromatic heterocycles. The second-order valence-electron chi connectivity index (χ2n) is 9.71. The average Bonchev–Trinajstić information content (AvgIpc) is 3.38. The number of amides is 4. The number of nitrogens with zero attached hydrogens (tertiary/aromatic N) is 1. The van der Waals surface area contributed by atoms with Crippen molar-refractivity contribution in [2.75, 3.05) is 13.1 Å². The highest BCUT2D eigenvalue weighted by Gasteiger charge is 2.50. The number of furan rings is 1. The number of urea groups is 1. The molecule has 2 aromatic carbocycles. The van der Waals surface area contributed by atoms with Gasteiger partial charge in [0, 0.05) is 29.6 Å². The third-order valence-electron chi connectivity index (χ3n) is 7.33. The standard InChI is InChI=1S/C27H29N3O4/c1-16(2)27(25(32)28-26(33)29-27)20-7-5-19(6-8-20)24(31)30-12-10-18(11-13-30)22-15-34-23-14-17(3)4-9-21(22)23/h4-9,14-16,18H,10-13H2,1-3H3,(H2,28,29,32,33). The van der Waals surface area contributed by atoms with Crippen molar-refractivity contribution in [3.8, 4) is 0 Å². The average molecular weight is 460 g/mol. The monoisotopic (exact) mass is 459 g/mol. The molecule has 0 aliphatic carbocycles. The van der Waals surface area contributed by atoms with Gasteiger partial charge >= 0.3 is 6.03 Å². The van der Waals surface area contributed by atoms with Gasteiger partial charge in [-0.3, -0.25) is 14.9 Å². The zero-order valence-electron chi connectivity index (χ0n) is 19.7. The first-order valence-electron chi connectivity index (χ1n) is 11.8. The first kappa shape index (κ1) is 22.2. The molecule has 5 rings (SSSR count). The predicted molar refractivity (Wildman–Crippen MR) is 128 cm³/mol. The van der Waals surface area contributed by atoms with Gasteiger partial charge in [-0.05, 0) is 60.9 Å². The molecule has 7 heteroatoms. The lowest BCUT2D eigenvalue weighted by atomic mass is 9.79. The summed E-state index contributed by atoms with van der Waals surface area (Å²) in [6, 6.07) is 12.8. The van der Waals surface area contributed by atoms with Crippen LogP contribution in [-0.2, 0) is 10.3 Å². The zero-order valence-corrected chi connectivity index (χ0v) is 19.7. The molecular formula is C27H29N3O4. The fourth-order valence-corrected chi connectivity index (χ4v) is 5.34. The number of nitrogens with one attached hydrogen (secondary N) is 2. The molecule has 1 unspecified atom stereocenters. The van der Waals surface area contributed by atoms with Gasteiger partial charge in [-0.15, -0.1) is 0 Å². The fraction of sp³-hybridized carbons (Fsp3) is 0.370. The number of carbonyl (C=O) groups is 3. The first-order valence-corrected chi connectivity index (χ1v) is 11.8. The molecule has 2 aliphatic rings. The second kappa shape index (κ2) is 8.31. The molecule has 3 heterocycles. The van der Waals surface area contributed by atoms with Crippen LogP contribution in [0.25, 0.3) is 11.0 Å². The number of piperidine rings is 1. The van der Waals surface area contributed by atoms with E-state index < -0.39 is 11.6 Å². The van der Waals surface area contributed by atoms with Gasteiger partial charge in [-0.1, -0.05) is 38.1 Å². The maximum absolute atomic E-state index is 13.2. The van der Waals surface area contributed by atoms with E-state index in [0.717, 1.165) is 23.8 Å². The minimum Gasteiger partial charge on any atom is -0.464 e. The van der Waals surface area contributed by atoms with Crippen LogP contribution in [0.3, 0.4) is 0 Å². The number of fused-ring (bicyclic) bond motifs is 1. The van der Waals surface area contributed by atoms with E-state index >= 15 is 0 Å². The van der Waals surface area contributed by atoms with Gasteiger partial charge in [0.2, 0.25) is 0 Å². The Morgan fingerprint density at radius 3 is 2.41 bits per heavy atom. The molecule has 1 atom stereocenters. The van der Waals surface area contributed by atoms with Crippen LogP contribution in [0.1, 0.15) is 59.7 Å². The van der Waals surface area contributed by atoms with Gasteiger partial charge in [-0.25, -0.2) is 4.79 Å². The summed E-state index contributed by atoms with van der Waals surface area (Å²) in [6.45, 7) is 7.19. The summed E-state index contributed by atoms with van der Waals surface area (Å²) in [5.74, 6) is -0.167. The van der Waals surface area contributed by atoms with Crippen molar-refractivity contribution in [1.82, 2.24) is 15.5 Å². The highest BCUT2D eigenvalue weighted by molar-refractivity contribution is 6.07. The fourth-order valence-electron chi connectivity index (χ4n) is 5.34. The molecule has 7 nitrogen and oxygen atoms in total. The Balaban J connectivity index is 1.28. The van der Waals surface area contributed by atoms with Crippen molar-refractivity contribution in [3.05, 3.63) is 71.0 Å². The van der Waals surface area contributed by atoms with Gasteiger partial charge in [0.25, 0.3) is 11.8 Å². The largest absolute Gasteiger partial charge is 0.464 e. The number of hydrogen-bond donors (Lipinski definition) is 2. The van der Waals surface area contributed by atoms with E-state index in [9.17, 15) is 14.4 Å². The Morgan fingerprint density at radius 1 is 1.09 bits per heavy atom. The van der Waals surface area contributed by atoms with E-state index in [1.165, 1.54) is 11.1 Å². The summed E-state index contributed by atoms with van der Waals surface area (Å²) in [5.41, 5.74) is 3.44. The summed E-state index contributed by atoms with van der Waals surface area (Å²) in [4.78, 5) is 39.4. The van der Waals surface area contributed by atoms with Crippen LogP contribution in [0, 0.1) is 12.8 Å². The van der Waals surface area contributed by atoms with E-state index in [-0.39, 0.29) is 17.7 Å². The van der Waals surface area contributed by atoms with E-state index in [4.69, 9.17) is 4.42 Å². The lowest BCUT2D eigenvalue weighted by Gasteiger charge is -2.32. The third-order valence-corrected chi connectivity index (χ3v) is 7.33. The number of benzene rings is 2. The molecule has 0 bridgehead atoms. The number of rotatable bonds is 4. The van der Waals surface area contributed by atoms with E-state index in [1.807, 2.05) is 25.0 Å². The number of carbonyl (C=O) groups excluding carboxylic acids is 3. The Morgan fingerprint density at radius 2 is 1.79 bits per heavy atom. The minimum absolute atomic E-state index is 0.0174. The van der Waals surface area contributed by atoms with Crippen LogP contribution in [-0.4, -0.2) is 35.8 Å². The molecule has 34 heavy (non-hydrogen) atoms. The highest BCUT2D eigenvalue weighted by Crippen LogP contribution is 2.36. The normalized spacial score (nSPS) is 21.2. The van der Waals surface area contributed by atoms with Crippen molar-refractivity contribution >= 4 is 28.8 Å². The SMILES string of the molecule is Cc1ccc2c(C3CCN(C(=O)c4ccc(C5(C(C)C)NC(=O)NC5=O)cc4)CC3)coc2c1. The van der Waals surface area contributed by atoms with Gasteiger partial charge in [0.1, 0.15) is 11.1 Å². The Hall–Kier alpha value is -3.61. The molecule has 3 aromatic rings. The Kier molecular flexibility index (Phi) is 5.42. The summed E-state index contributed by atoms with van der Waals surface area (Å²) >= 11 is 0. The van der Waals surface area contributed by atoms with Crippen LogP contribution < -0.4 is 10.6 Å². The van der Waals surface area contributed by atoms with Crippen molar-refractivity contribution in [2.24, 2.45) is 5.92 Å². The van der Waals surface area contributed by atoms with Crippen LogP contribution in [0.15, 0.2) is 53.1 Å². The number of likely N-dealkylation sites (tertiary alicyclic amines) is 1. The maximum atomic E-state index is 13.2. The van der Waals surface area contributed by atoms with Crippen molar-refractivity contribution in [3.63, 3.8) is 0 Å². The highest BCUT2D eigenvalue weighted by atomic mass is 16.3. The maximum Gasteiger partial charge on any atom is 0.322 e. The smallest absolute Gasteiger partial charge is 0.322 e. The molecule has 4 amide bonds. The van der Waals surface area contributed by atoms with Crippen LogP contribution in [0.4, 0.5) is 4.79 Å². The molecule has 2 saturated heterocycles. The quantitative estimate of drug-likeness (QED) is 0.564. The zero-order chi connectivity index (χ0) is 24.0. The number of imide groups is 1. The van der Waals surface area contributed by atoms with Crippen molar-refractivity contribution in [1.29, 1.82) is 0 Å². The second-order valence-corrected chi connectivity index (χ2v) is 9.71. The lowest BCUT2D eigenvalue weighted by Crippen LogP contribution is -2.48. The van der Waals surface area contributed by atoms with Crippen LogP contribution in [0.2, 0.25) is 0 Å². The molecule has 0 saturated carbocycles. The van der Waals surface area contributed by atoms with E-state index in [1.54, 1.807) is 24.3 Å². The molecule has 2 fully saturated rings. The topological polar surface area (TPSA) is 91.7 Å². The summed E-state index contributed by atoms with van der Waals surface area (Å²) in [7, 11) is 0. The first-order chi connectivity index (χ1) is 16.3. The molecule has 0 spiro atoms. The van der Waals surface area contributed by atoms with E-state index in [0.29, 0.717) is 30.1 Å². The minimum atomic E-state index is -1.12. The number of aryl methyl sites for hydroxylation is 1.